The van der Waals surface area contributed by atoms with E-state index in [2.05, 4.69) is 4.90 Å². The van der Waals surface area contributed by atoms with Crippen LogP contribution in [-0.2, 0) is 16.0 Å². The minimum atomic E-state index is -4.60. The molecule has 1 aliphatic rings. The van der Waals surface area contributed by atoms with Gasteiger partial charge in [-0.2, -0.15) is 13.2 Å². The van der Waals surface area contributed by atoms with Gasteiger partial charge in [0, 0.05) is 18.0 Å². The summed E-state index contributed by atoms with van der Waals surface area (Å²) >= 11 is 0. The number of hydrogen-bond acceptors (Lipinski definition) is 4. The molecule has 192 valence electrons. The number of imidazole rings is 1. The number of benzene rings is 3. The molecule has 0 aliphatic carbocycles. The maximum Gasteiger partial charge on any atom is 0.417 e. The zero-order valence-electron chi connectivity index (χ0n) is 20.4. The molecule has 9 heteroatoms. The Hall–Kier alpha value is -3.43. The Morgan fingerprint density at radius 2 is 1.65 bits per heavy atom. The van der Waals surface area contributed by atoms with Crippen molar-refractivity contribution < 1.29 is 21.6 Å². The number of nitrogens with zero attached hydrogens (tertiary/aromatic N) is 3. The third-order valence-electron chi connectivity index (χ3n) is 6.79. The Bertz CT molecular complexity index is 1550. The molecule has 1 aliphatic heterocycles. The third-order valence-corrected chi connectivity index (χ3v) is 7.91. The minimum Gasteiger partial charge on any atom is -0.298 e. The summed E-state index contributed by atoms with van der Waals surface area (Å²) in [4.78, 5) is 6.82. The zero-order chi connectivity index (χ0) is 26.4. The molecule has 1 aromatic heterocycles. The summed E-state index contributed by atoms with van der Waals surface area (Å²) in [7, 11) is -1.80. The van der Waals surface area contributed by atoms with Crippen LogP contribution in [0.2, 0.25) is 0 Å². The molecule has 4 aromatic rings. The lowest BCUT2D eigenvalue weighted by Gasteiger charge is -2.17. The van der Waals surface area contributed by atoms with Crippen LogP contribution < -0.4 is 0 Å². The van der Waals surface area contributed by atoms with Gasteiger partial charge >= 0.3 is 6.18 Å². The Kier molecular flexibility index (Phi) is 6.45. The minimum absolute atomic E-state index is 0.0170. The smallest absolute Gasteiger partial charge is 0.298 e. The van der Waals surface area contributed by atoms with Crippen molar-refractivity contribution in [1.82, 2.24) is 14.5 Å². The number of rotatable bonds is 5. The molecule has 1 atom stereocenters. The maximum absolute atomic E-state index is 14.0. The Morgan fingerprint density at radius 3 is 2.30 bits per heavy atom. The molecule has 0 spiro atoms. The van der Waals surface area contributed by atoms with Crippen molar-refractivity contribution in [2.75, 3.05) is 19.8 Å². The van der Waals surface area contributed by atoms with E-state index in [1.807, 2.05) is 37.4 Å². The summed E-state index contributed by atoms with van der Waals surface area (Å²) in [6.07, 6.45) is -0.0508. The molecule has 0 amide bonds. The second kappa shape index (κ2) is 9.46. The fourth-order valence-corrected chi connectivity index (χ4v) is 5.85. The summed E-state index contributed by atoms with van der Waals surface area (Å²) in [5.41, 5.74) is 1.47. The first-order chi connectivity index (χ1) is 17.5. The number of aromatic nitrogens is 2. The van der Waals surface area contributed by atoms with E-state index in [9.17, 15) is 21.6 Å². The molecule has 1 saturated heterocycles. The van der Waals surface area contributed by atoms with Gasteiger partial charge in [0.15, 0.2) is 9.84 Å². The van der Waals surface area contributed by atoms with Crippen molar-refractivity contribution in [1.29, 1.82) is 0 Å². The average Bonchev–Trinajstić information content (AvgIpc) is 3.49. The quantitative estimate of drug-likeness (QED) is 0.303. The molecule has 5 nitrogen and oxygen atoms in total. The molecule has 0 saturated carbocycles. The van der Waals surface area contributed by atoms with Crippen LogP contribution in [0.4, 0.5) is 13.2 Å². The largest absolute Gasteiger partial charge is 0.417 e. The fraction of sp³-hybridized carbons (Fsp3) is 0.250. The number of alkyl halides is 3. The van der Waals surface area contributed by atoms with E-state index in [0.29, 0.717) is 11.3 Å². The maximum atomic E-state index is 14.0. The van der Waals surface area contributed by atoms with Crippen LogP contribution in [0.25, 0.3) is 28.2 Å². The lowest BCUT2D eigenvalue weighted by Crippen LogP contribution is -2.17. The molecular weight excluding hydrogens is 499 g/mol. The van der Waals surface area contributed by atoms with Crippen molar-refractivity contribution in [3.63, 3.8) is 0 Å². The molecule has 3 aromatic carbocycles. The van der Waals surface area contributed by atoms with Crippen molar-refractivity contribution in [3.8, 4) is 28.2 Å². The topological polar surface area (TPSA) is 55.2 Å². The zero-order valence-corrected chi connectivity index (χ0v) is 21.2. The van der Waals surface area contributed by atoms with Gasteiger partial charge in [-0.25, -0.2) is 13.4 Å². The van der Waals surface area contributed by atoms with Crippen molar-refractivity contribution in [2.45, 2.75) is 30.0 Å². The van der Waals surface area contributed by atoms with Gasteiger partial charge in [0.25, 0.3) is 0 Å². The van der Waals surface area contributed by atoms with E-state index in [0.717, 1.165) is 37.3 Å². The van der Waals surface area contributed by atoms with Crippen LogP contribution in [0.3, 0.4) is 0 Å². The van der Waals surface area contributed by atoms with Gasteiger partial charge in [-0.05, 0) is 55.8 Å². The summed E-state index contributed by atoms with van der Waals surface area (Å²) in [6, 6.07) is 19.5. The van der Waals surface area contributed by atoms with Crippen molar-refractivity contribution in [3.05, 3.63) is 90.3 Å². The Balaban J connectivity index is 1.77. The Labute approximate surface area is 214 Å². The van der Waals surface area contributed by atoms with E-state index in [1.165, 1.54) is 22.8 Å². The van der Waals surface area contributed by atoms with Crippen LogP contribution in [-0.4, -0.2) is 42.7 Å². The Morgan fingerprint density at radius 1 is 0.946 bits per heavy atom. The first-order valence-electron chi connectivity index (χ1n) is 11.9. The van der Waals surface area contributed by atoms with E-state index >= 15 is 0 Å². The van der Waals surface area contributed by atoms with Crippen LogP contribution >= 0.6 is 0 Å². The van der Waals surface area contributed by atoms with Crippen LogP contribution in [0, 0.1) is 0 Å². The number of sulfone groups is 1. The van der Waals surface area contributed by atoms with E-state index in [-0.39, 0.29) is 28.0 Å². The molecule has 0 radical (unpaired) electrons. The second-order valence-corrected chi connectivity index (χ2v) is 11.3. The SMILES string of the molecule is CN1CCCC1c1cn(-c2ccc(-c3ccccc3)cc2S(C)(=O)=O)c(-c2ccccc2C(F)(F)F)n1. The lowest BCUT2D eigenvalue weighted by molar-refractivity contribution is -0.137. The molecule has 1 fully saturated rings. The predicted molar refractivity (Wildman–Crippen MR) is 137 cm³/mol. The van der Waals surface area contributed by atoms with Gasteiger partial charge in [0.2, 0.25) is 0 Å². The van der Waals surface area contributed by atoms with E-state index in [1.54, 1.807) is 24.4 Å². The van der Waals surface area contributed by atoms with Crippen LogP contribution in [0.1, 0.15) is 30.1 Å². The first kappa shape index (κ1) is 25.2. The highest BCUT2D eigenvalue weighted by Crippen LogP contribution is 2.40. The van der Waals surface area contributed by atoms with Gasteiger partial charge < -0.3 is 0 Å². The highest BCUT2D eigenvalue weighted by molar-refractivity contribution is 7.90. The van der Waals surface area contributed by atoms with Gasteiger partial charge in [-0.3, -0.25) is 9.47 Å². The third kappa shape index (κ3) is 4.93. The fourth-order valence-electron chi connectivity index (χ4n) is 4.96. The van der Waals surface area contributed by atoms with Crippen LogP contribution in [0.15, 0.2) is 83.9 Å². The summed E-state index contributed by atoms with van der Waals surface area (Å²) in [5.74, 6) is 0.0561. The van der Waals surface area contributed by atoms with Crippen molar-refractivity contribution >= 4 is 9.84 Å². The molecule has 0 bridgehead atoms. The summed E-state index contributed by atoms with van der Waals surface area (Å²) in [5, 5.41) is 0. The normalized spacial score (nSPS) is 16.8. The molecular formula is C28H26F3N3O2S. The summed E-state index contributed by atoms with van der Waals surface area (Å²) in [6.45, 7) is 0.854. The van der Waals surface area contributed by atoms with Gasteiger partial charge in [-0.1, -0.05) is 54.6 Å². The predicted octanol–water partition coefficient (Wildman–Crippen LogP) is 6.40. The molecule has 37 heavy (non-hydrogen) atoms. The second-order valence-electron chi connectivity index (χ2n) is 9.36. The first-order valence-corrected chi connectivity index (χ1v) is 13.8. The van der Waals surface area contributed by atoms with Gasteiger partial charge in [0.05, 0.1) is 27.9 Å². The highest BCUT2D eigenvalue weighted by atomic mass is 32.2. The van der Waals surface area contributed by atoms with Gasteiger partial charge in [-0.15, -0.1) is 0 Å². The molecule has 1 unspecified atom stereocenters. The number of hydrogen-bond donors (Lipinski definition) is 0. The molecule has 0 N–H and O–H groups in total. The highest BCUT2D eigenvalue weighted by Gasteiger charge is 2.36. The number of likely N-dealkylation sites (tertiary alicyclic amines) is 1. The van der Waals surface area contributed by atoms with Gasteiger partial charge in [0.1, 0.15) is 5.82 Å². The monoisotopic (exact) mass is 525 g/mol. The summed E-state index contributed by atoms with van der Waals surface area (Å²) < 4.78 is 69.5. The van der Waals surface area contributed by atoms with E-state index < -0.39 is 21.6 Å². The average molecular weight is 526 g/mol. The van der Waals surface area contributed by atoms with E-state index in [4.69, 9.17) is 4.98 Å². The molecule has 5 rings (SSSR count). The van der Waals surface area contributed by atoms with Crippen molar-refractivity contribution in [2.24, 2.45) is 0 Å². The molecule has 2 heterocycles. The van der Waals surface area contributed by atoms with Crippen LogP contribution in [0.5, 0.6) is 0 Å². The number of halogens is 3. The standard InChI is InChI=1S/C28H26F3N3O2S/c1-33-16-8-13-24(33)23-18-34(27(32-23)21-11-6-7-12-22(21)28(29,30)31)25-15-14-20(17-26(25)37(2,35)36)19-9-4-3-5-10-19/h3-7,9-12,14-15,17-18,24H,8,13,16H2,1-2H3. The lowest BCUT2D eigenvalue weighted by atomic mass is 10.0.